The minimum absolute atomic E-state index is 0.00591. The maximum Gasteiger partial charge on any atom is 0.183 e. The number of Topliss-reactive ketones (excluding diaryl/α,β-unsaturated/α-hetero) is 2. The second-order valence-corrected chi connectivity index (χ2v) is 6.37. The number of benzene rings is 2. The van der Waals surface area contributed by atoms with Gasteiger partial charge in [0, 0.05) is 33.9 Å². The maximum atomic E-state index is 12.7. The lowest BCUT2D eigenvalue weighted by molar-refractivity contribution is 0.100. The van der Waals surface area contributed by atoms with Crippen LogP contribution in [0.1, 0.15) is 39.0 Å². The highest BCUT2D eigenvalue weighted by molar-refractivity contribution is 6.00. The van der Waals surface area contributed by atoms with E-state index in [9.17, 15) is 9.59 Å². The number of para-hydroxylation sites is 1. The number of carbonyl (C=O) groups excluding carboxylic acids is 2. The van der Waals surface area contributed by atoms with Gasteiger partial charge in [0.2, 0.25) is 0 Å². The van der Waals surface area contributed by atoms with Gasteiger partial charge in [-0.25, -0.2) is 0 Å². The van der Waals surface area contributed by atoms with Crippen LogP contribution >= 0.6 is 0 Å². The summed E-state index contributed by atoms with van der Waals surface area (Å²) in [5.74, 6) is 0.0277. The van der Waals surface area contributed by atoms with E-state index < -0.39 is 0 Å². The first-order chi connectivity index (χ1) is 12.5. The molecule has 1 aromatic heterocycles. The highest BCUT2D eigenvalue weighted by atomic mass is 16.1. The second kappa shape index (κ2) is 7.40. The summed E-state index contributed by atoms with van der Waals surface area (Å²) in [5, 5.41) is 3.12. The molecule has 3 aromatic rings. The van der Waals surface area contributed by atoms with E-state index in [1.807, 2.05) is 62.4 Å². The number of hydrogen-bond donors (Lipinski definition) is 1. The molecule has 0 amide bonds. The number of aromatic nitrogens is 1. The summed E-state index contributed by atoms with van der Waals surface area (Å²) in [6.45, 7) is 5.67. The Kier molecular flexibility index (Phi) is 5.03. The van der Waals surface area contributed by atoms with E-state index in [1.165, 1.54) is 6.92 Å². The first-order valence-electron chi connectivity index (χ1n) is 8.60. The molecule has 1 N–H and O–H groups in total. The first kappa shape index (κ1) is 17.7. The largest absolute Gasteiger partial charge is 0.378 e. The number of nitrogens with one attached hydrogen (secondary N) is 1. The number of carbonyl (C=O) groups is 2. The van der Waals surface area contributed by atoms with E-state index >= 15 is 0 Å². The minimum atomic E-state index is 0.00591. The fraction of sp³-hybridized carbons (Fsp3) is 0.182. The molecule has 0 unspecified atom stereocenters. The van der Waals surface area contributed by atoms with Crippen molar-refractivity contribution in [3.05, 3.63) is 83.2 Å². The average Bonchev–Trinajstić information content (AvgIpc) is 2.95. The number of hydrogen-bond acceptors (Lipinski definition) is 3. The molecular weight excluding hydrogens is 324 g/mol. The van der Waals surface area contributed by atoms with Crippen molar-refractivity contribution >= 4 is 17.3 Å². The van der Waals surface area contributed by atoms with E-state index in [2.05, 4.69) is 9.88 Å². The van der Waals surface area contributed by atoms with Crippen LogP contribution in [0.15, 0.2) is 60.7 Å². The Morgan fingerprint density at radius 2 is 1.69 bits per heavy atom. The van der Waals surface area contributed by atoms with Crippen LogP contribution in [0.25, 0.3) is 5.69 Å². The van der Waals surface area contributed by atoms with Gasteiger partial charge < -0.3 is 9.88 Å². The van der Waals surface area contributed by atoms with Crippen LogP contribution in [-0.2, 0) is 0 Å². The molecule has 2 aromatic carbocycles. The van der Waals surface area contributed by atoms with E-state index in [-0.39, 0.29) is 18.1 Å². The summed E-state index contributed by atoms with van der Waals surface area (Å²) in [7, 11) is 0. The van der Waals surface area contributed by atoms with Crippen molar-refractivity contribution in [2.45, 2.75) is 20.8 Å². The van der Waals surface area contributed by atoms with Crippen molar-refractivity contribution in [2.24, 2.45) is 0 Å². The topological polar surface area (TPSA) is 51.1 Å². The van der Waals surface area contributed by atoms with Crippen LogP contribution in [0.2, 0.25) is 0 Å². The van der Waals surface area contributed by atoms with Gasteiger partial charge in [0.15, 0.2) is 11.6 Å². The lowest BCUT2D eigenvalue weighted by Gasteiger charge is -2.10. The first-order valence-corrected chi connectivity index (χ1v) is 8.60. The summed E-state index contributed by atoms with van der Waals surface area (Å²) < 4.78 is 2.09. The van der Waals surface area contributed by atoms with Gasteiger partial charge in [-0.2, -0.15) is 0 Å². The predicted octanol–water partition coefficient (Wildman–Crippen LogP) is 4.59. The molecule has 0 bridgehead atoms. The normalized spacial score (nSPS) is 10.6. The molecule has 132 valence electrons. The average molecular weight is 346 g/mol. The summed E-state index contributed by atoms with van der Waals surface area (Å²) in [4.78, 5) is 24.2. The highest BCUT2D eigenvalue weighted by Crippen LogP contribution is 2.21. The third kappa shape index (κ3) is 3.59. The summed E-state index contributed by atoms with van der Waals surface area (Å²) in [6.07, 6.45) is 0. The van der Waals surface area contributed by atoms with Gasteiger partial charge in [0.1, 0.15) is 0 Å². The Bertz CT molecular complexity index is 956. The van der Waals surface area contributed by atoms with Gasteiger partial charge >= 0.3 is 0 Å². The second-order valence-electron chi connectivity index (χ2n) is 6.37. The van der Waals surface area contributed by atoms with Gasteiger partial charge in [0.05, 0.1) is 6.54 Å². The lowest BCUT2D eigenvalue weighted by atomic mass is 10.1. The zero-order valence-corrected chi connectivity index (χ0v) is 15.2. The van der Waals surface area contributed by atoms with E-state index in [0.29, 0.717) is 11.1 Å². The molecule has 0 fully saturated rings. The molecule has 0 saturated carbocycles. The summed E-state index contributed by atoms with van der Waals surface area (Å²) in [5.41, 5.74) is 5.10. The van der Waals surface area contributed by atoms with Crippen LogP contribution in [-0.4, -0.2) is 22.7 Å². The molecule has 1 heterocycles. The molecule has 0 saturated heterocycles. The van der Waals surface area contributed by atoms with Crippen molar-refractivity contribution in [1.82, 2.24) is 4.57 Å². The fourth-order valence-corrected chi connectivity index (χ4v) is 3.15. The zero-order chi connectivity index (χ0) is 18.7. The number of rotatable bonds is 6. The molecule has 26 heavy (non-hydrogen) atoms. The van der Waals surface area contributed by atoms with Gasteiger partial charge in [-0.3, -0.25) is 9.59 Å². The molecule has 0 atom stereocenters. The van der Waals surface area contributed by atoms with Crippen LogP contribution in [0.3, 0.4) is 0 Å². The van der Waals surface area contributed by atoms with Crippen molar-refractivity contribution in [2.75, 3.05) is 11.9 Å². The standard InChI is InChI=1S/C22H22N2O2/c1-15-12-21(16(2)24(15)20-10-5-4-6-11-20)22(26)14-23-19-9-7-8-18(13-19)17(3)25/h4-13,23H,14H2,1-3H3. The number of nitrogens with zero attached hydrogens (tertiary/aromatic N) is 1. The van der Waals surface area contributed by atoms with Crippen LogP contribution in [0, 0.1) is 13.8 Å². The van der Waals surface area contributed by atoms with E-state index in [1.54, 1.807) is 12.1 Å². The monoisotopic (exact) mass is 346 g/mol. The van der Waals surface area contributed by atoms with E-state index in [4.69, 9.17) is 0 Å². The third-order valence-electron chi connectivity index (χ3n) is 4.47. The molecule has 0 radical (unpaired) electrons. The van der Waals surface area contributed by atoms with E-state index in [0.717, 1.165) is 22.8 Å². The van der Waals surface area contributed by atoms with Crippen molar-refractivity contribution in [3.8, 4) is 5.69 Å². The van der Waals surface area contributed by atoms with Gasteiger partial charge in [-0.05, 0) is 51.1 Å². The number of anilines is 1. The molecular formula is C22H22N2O2. The smallest absolute Gasteiger partial charge is 0.183 e. The van der Waals surface area contributed by atoms with Crippen molar-refractivity contribution in [1.29, 1.82) is 0 Å². The summed E-state index contributed by atoms with van der Waals surface area (Å²) >= 11 is 0. The Balaban J connectivity index is 1.79. The van der Waals surface area contributed by atoms with Gasteiger partial charge in [-0.1, -0.05) is 30.3 Å². The number of ketones is 2. The fourth-order valence-electron chi connectivity index (χ4n) is 3.15. The molecule has 4 nitrogen and oxygen atoms in total. The Hall–Kier alpha value is -3.14. The molecule has 0 aliphatic carbocycles. The maximum absolute atomic E-state index is 12.7. The third-order valence-corrected chi connectivity index (χ3v) is 4.47. The van der Waals surface area contributed by atoms with Crippen molar-refractivity contribution < 1.29 is 9.59 Å². The van der Waals surface area contributed by atoms with Crippen LogP contribution < -0.4 is 5.32 Å². The molecule has 0 spiro atoms. The van der Waals surface area contributed by atoms with Crippen LogP contribution in [0.5, 0.6) is 0 Å². The van der Waals surface area contributed by atoms with Crippen molar-refractivity contribution in [3.63, 3.8) is 0 Å². The Morgan fingerprint density at radius 3 is 2.38 bits per heavy atom. The number of aryl methyl sites for hydroxylation is 1. The molecule has 0 aliphatic heterocycles. The Morgan fingerprint density at radius 1 is 0.962 bits per heavy atom. The summed E-state index contributed by atoms with van der Waals surface area (Å²) in [6, 6.07) is 19.1. The Labute approximate surface area is 153 Å². The SMILES string of the molecule is CC(=O)c1cccc(NCC(=O)c2cc(C)n(-c3ccccc3)c2C)c1. The zero-order valence-electron chi connectivity index (χ0n) is 15.2. The predicted molar refractivity (Wildman–Crippen MR) is 105 cm³/mol. The van der Waals surface area contributed by atoms with Gasteiger partial charge in [0.25, 0.3) is 0 Å². The van der Waals surface area contributed by atoms with Gasteiger partial charge in [-0.15, -0.1) is 0 Å². The molecule has 3 rings (SSSR count). The molecule has 0 aliphatic rings. The van der Waals surface area contributed by atoms with Crippen LogP contribution in [0.4, 0.5) is 5.69 Å². The highest BCUT2D eigenvalue weighted by Gasteiger charge is 2.16. The quantitative estimate of drug-likeness (QED) is 0.664. The lowest BCUT2D eigenvalue weighted by Crippen LogP contribution is -2.15. The minimum Gasteiger partial charge on any atom is -0.378 e. The molecule has 4 heteroatoms.